The highest BCUT2D eigenvalue weighted by Crippen LogP contribution is 2.12. The van der Waals surface area contributed by atoms with E-state index in [1.165, 1.54) is 6.92 Å². The van der Waals surface area contributed by atoms with Crippen LogP contribution in [0.1, 0.15) is 20.3 Å². The topological polar surface area (TPSA) is 90.6 Å². The third kappa shape index (κ3) is 5.60. The largest absolute Gasteiger partial charge is 0.482 e. The van der Waals surface area contributed by atoms with Crippen molar-refractivity contribution in [2.24, 2.45) is 0 Å². The van der Waals surface area contributed by atoms with E-state index in [4.69, 9.17) is 15.2 Å². The second kappa shape index (κ2) is 8.04. The number of anilines is 1. The van der Waals surface area contributed by atoms with Crippen LogP contribution in [0.4, 0.5) is 5.69 Å². The van der Waals surface area contributed by atoms with Crippen molar-refractivity contribution < 1.29 is 19.1 Å². The molecule has 20 heavy (non-hydrogen) atoms. The Morgan fingerprint density at radius 2 is 1.95 bits per heavy atom. The van der Waals surface area contributed by atoms with Crippen LogP contribution in [0.25, 0.3) is 0 Å². The monoisotopic (exact) mass is 280 g/mol. The summed E-state index contributed by atoms with van der Waals surface area (Å²) >= 11 is 0. The maximum atomic E-state index is 11.5. The summed E-state index contributed by atoms with van der Waals surface area (Å²) in [5, 5.41) is 2.65. The molecule has 0 saturated heterocycles. The van der Waals surface area contributed by atoms with Gasteiger partial charge in [0.05, 0.1) is 0 Å². The van der Waals surface area contributed by atoms with Gasteiger partial charge in [0.25, 0.3) is 5.91 Å². The lowest BCUT2D eigenvalue weighted by molar-refractivity contribution is -0.156. The molecule has 1 unspecified atom stereocenters. The van der Waals surface area contributed by atoms with Crippen LogP contribution in [0.2, 0.25) is 0 Å². The number of hydrogen-bond acceptors (Lipinski definition) is 5. The van der Waals surface area contributed by atoms with Gasteiger partial charge in [-0.1, -0.05) is 6.92 Å². The minimum Gasteiger partial charge on any atom is -0.482 e. The van der Waals surface area contributed by atoms with Crippen molar-refractivity contribution in [2.45, 2.75) is 26.4 Å². The van der Waals surface area contributed by atoms with Crippen molar-refractivity contribution in [1.29, 1.82) is 0 Å². The van der Waals surface area contributed by atoms with Gasteiger partial charge in [-0.25, -0.2) is 4.79 Å². The summed E-state index contributed by atoms with van der Waals surface area (Å²) < 4.78 is 10.2. The van der Waals surface area contributed by atoms with Gasteiger partial charge in [0, 0.05) is 12.2 Å². The molecule has 0 aliphatic carbocycles. The van der Waals surface area contributed by atoms with E-state index >= 15 is 0 Å². The number of amides is 1. The maximum Gasteiger partial charge on any atom is 0.344 e. The van der Waals surface area contributed by atoms with Gasteiger partial charge >= 0.3 is 5.97 Å². The first-order valence-electron chi connectivity index (χ1n) is 6.48. The van der Waals surface area contributed by atoms with E-state index in [2.05, 4.69) is 5.32 Å². The van der Waals surface area contributed by atoms with Crippen LogP contribution >= 0.6 is 0 Å². The molecule has 1 rings (SSSR count). The zero-order valence-electron chi connectivity index (χ0n) is 11.7. The summed E-state index contributed by atoms with van der Waals surface area (Å²) in [6.07, 6.45) is -0.00352. The second-order valence-electron chi connectivity index (χ2n) is 4.28. The third-order valence-electron chi connectivity index (χ3n) is 2.46. The number of esters is 1. The normalized spacial score (nSPS) is 11.5. The zero-order valence-corrected chi connectivity index (χ0v) is 11.7. The lowest BCUT2D eigenvalue weighted by atomic mass is 10.3. The molecule has 1 amide bonds. The lowest BCUT2D eigenvalue weighted by Crippen LogP contribution is -2.37. The molecule has 0 aromatic heterocycles. The molecule has 0 aliphatic heterocycles. The number of rotatable bonds is 7. The molecule has 6 nitrogen and oxygen atoms in total. The van der Waals surface area contributed by atoms with Crippen LogP contribution in [0.5, 0.6) is 5.75 Å². The van der Waals surface area contributed by atoms with Gasteiger partial charge < -0.3 is 20.5 Å². The zero-order chi connectivity index (χ0) is 15.0. The molecule has 0 aliphatic rings. The summed E-state index contributed by atoms with van der Waals surface area (Å²) in [6.45, 7) is 3.77. The minimum atomic E-state index is -0.830. The van der Waals surface area contributed by atoms with Crippen LogP contribution in [-0.4, -0.2) is 31.1 Å². The number of carbonyl (C=O) groups is 2. The number of hydrogen-bond donors (Lipinski definition) is 2. The van der Waals surface area contributed by atoms with Crippen molar-refractivity contribution in [3.8, 4) is 5.75 Å². The van der Waals surface area contributed by atoms with Crippen LogP contribution < -0.4 is 15.8 Å². The van der Waals surface area contributed by atoms with Crippen molar-refractivity contribution >= 4 is 17.6 Å². The first-order valence-corrected chi connectivity index (χ1v) is 6.48. The Morgan fingerprint density at radius 3 is 2.55 bits per heavy atom. The van der Waals surface area contributed by atoms with Crippen molar-refractivity contribution in [1.82, 2.24) is 5.32 Å². The van der Waals surface area contributed by atoms with Crippen molar-refractivity contribution in [3.63, 3.8) is 0 Å². The molecular formula is C14H20N2O4. The molecule has 3 N–H and O–H groups in total. The molecule has 0 bridgehead atoms. The van der Waals surface area contributed by atoms with Crippen molar-refractivity contribution in [2.75, 3.05) is 18.9 Å². The average Bonchev–Trinajstić information content (AvgIpc) is 2.44. The molecule has 0 saturated carbocycles. The standard InChI is InChI=1S/C14H20N2O4/c1-3-8-16-14(18)10(2)20-13(17)9-19-12-6-4-11(15)5-7-12/h4-7,10H,3,8-9,15H2,1-2H3,(H,16,18). The predicted octanol–water partition coefficient (Wildman–Crippen LogP) is 1.11. The fraction of sp³-hybridized carbons (Fsp3) is 0.429. The number of nitrogens with one attached hydrogen (secondary N) is 1. The van der Waals surface area contributed by atoms with E-state index in [0.717, 1.165) is 6.42 Å². The van der Waals surface area contributed by atoms with Gasteiger partial charge in [0.15, 0.2) is 12.7 Å². The maximum absolute atomic E-state index is 11.5. The molecule has 0 fully saturated rings. The molecule has 1 aromatic carbocycles. The van der Waals surface area contributed by atoms with Crippen LogP contribution in [0.15, 0.2) is 24.3 Å². The van der Waals surface area contributed by atoms with E-state index in [9.17, 15) is 9.59 Å². The number of nitrogens with two attached hydrogens (primary N) is 1. The third-order valence-corrected chi connectivity index (χ3v) is 2.46. The van der Waals surface area contributed by atoms with E-state index in [-0.39, 0.29) is 12.5 Å². The summed E-state index contributed by atoms with van der Waals surface area (Å²) in [5.41, 5.74) is 6.14. The first kappa shape index (κ1) is 15.8. The van der Waals surface area contributed by atoms with E-state index < -0.39 is 12.1 Å². The highest BCUT2D eigenvalue weighted by atomic mass is 16.6. The quantitative estimate of drug-likeness (QED) is 0.576. The highest BCUT2D eigenvalue weighted by molar-refractivity contribution is 5.83. The Morgan fingerprint density at radius 1 is 1.30 bits per heavy atom. The Balaban J connectivity index is 2.32. The van der Waals surface area contributed by atoms with E-state index in [0.29, 0.717) is 18.0 Å². The highest BCUT2D eigenvalue weighted by Gasteiger charge is 2.17. The van der Waals surface area contributed by atoms with Gasteiger partial charge in [-0.3, -0.25) is 4.79 Å². The number of carbonyl (C=O) groups excluding carboxylic acids is 2. The van der Waals surface area contributed by atoms with Gasteiger partial charge in [-0.15, -0.1) is 0 Å². The van der Waals surface area contributed by atoms with Gasteiger partial charge in [0.2, 0.25) is 0 Å². The molecule has 0 radical (unpaired) electrons. The molecular weight excluding hydrogens is 260 g/mol. The van der Waals surface area contributed by atoms with E-state index in [1.807, 2.05) is 6.92 Å². The molecule has 110 valence electrons. The second-order valence-corrected chi connectivity index (χ2v) is 4.28. The fourth-order valence-electron chi connectivity index (χ4n) is 1.38. The van der Waals surface area contributed by atoms with Crippen LogP contribution in [0, 0.1) is 0 Å². The molecule has 0 heterocycles. The smallest absolute Gasteiger partial charge is 0.344 e. The molecule has 1 atom stereocenters. The van der Waals surface area contributed by atoms with Gasteiger partial charge in [-0.05, 0) is 37.6 Å². The number of benzene rings is 1. The minimum absolute atomic E-state index is 0.255. The average molecular weight is 280 g/mol. The lowest BCUT2D eigenvalue weighted by Gasteiger charge is -2.13. The summed E-state index contributed by atoms with van der Waals surface area (Å²) in [7, 11) is 0. The molecule has 1 aromatic rings. The Labute approximate surface area is 118 Å². The first-order chi connectivity index (χ1) is 9.52. The summed E-state index contributed by atoms with van der Waals surface area (Å²) in [4.78, 5) is 23.0. The van der Waals surface area contributed by atoms with Crippen LogP contribution in [0.3, 0.4) is 0 Å². The SMILES string of the molecule is CCCNC(=O)C(C)OC(=O)COc1ccc(N)cc1. The Kier molecular flexibility index (Phi) is 6.36. The van der Waals surface area contributed by atoms with Crippen molar-refractivity contribution in [3.05, 3.63) is 24.3 Å². The number of nitrogen functional groups attached to an aromatic ring is 1. The predicted molar refractivity (Wildman–Crippen MR) is 75.2 cm³/mol. The number of ether oxygens (including phenoxy) is 2. The Bertz CT molecular complexity index is 445. The molecule has 6 heteroatoms. The summed E-state index contributed by atoms with van der Waals surface area (Å²) in [6, 6.07) is 6.64. The fourth-order valence-corrected chi connectivity index (χ4v) is 1.38. The van der Waals surface area contributed by atoms with Gasteiger partial charge in [0.1, 0.15) is 5.75 Å². The van der Waals surface area contributed by atoms with Gasteiger partial charge in [-0.2, -0.15) is 0 Å². The Hall–Kier alpha value is -2.24. The summed E-state index contributed by atoms with van der Waals surface area (Å²) in [5.74, 6) is -0.395. The van der Waals surface area contributed by atoms with Crippen LogP contribution in [-0.2, 0) is 14.3 Å². The van der Waals surface area contributed by atoms with E-state index in [1.54, 1.807) is 24.3 Å². The molecule has 0 spiro atoms.